The predicted octanol–water partition coefficient (Wildman–Crippen LogP) is 7.75. The molecule has 3 aromatic heterocycles. The number of carbonyl (C=O) groups is 1. The number of amides is 1. The Morgan fingerprint density at radius 1 is 0.900 bits per heavy atom. The first-order valence-corrected chi connectivity index (χ1v) is 16.9. The maximum atomic E-state index is 13.1. The molecule has 2 saturated carbocycles. The lowest BCUT2D eigenvalue weighted by Gasteiger charge is -2.27. The van der Waals surface area contributed by atoms with Crippen LogP contribution in [0, 0.1) is 5.92 Å². The lowest BCUT2D eigenvalue weighted by molar-refractivity contribution is -0.129. The van der Waals surface area contributed by atoms with E-state index in [1.807, 2.05) is 10.6 Å². The first kappa shape index (κ1) is 32.5. The lowest BCUT2D eigenvalue weighted by Crippen LogP contribution is -2.35. The van der Waals surface area contributed by atoms with Gasteiger partial charge in [-0.25, -0.2) is 22.5 Å². The summed E-state index contributed by atoms with van der Waals surface area (Å²) in [6.45, 7) is 0.291. The summed E-state index contributed by atoms with van der Waals surface area (Å²) in [6.07, 6.45) is 12.7. The summed E-state index contributed by atoms with van der Waals surface area (Å²) in [6, 6.07) is 0. The normalized spacial score (nSPS) is 19.1. The largest absolute Gasteiger partial charge is 0.350 e. The van der Waals surface area contributed by atoms with Gasteiger partial charge in [0.05, 0.1) is 36.3 Å². The van der Waals surface area contributed by atoms with Gasteiger partial charge in [-0.15, -0.1) is 0 Å². The second-order valence-electron chi connectivity index (χ2n) is 9.56. The molecule has 3 heterocycles. The van der Waals surface area contributed by atoms with E-state index in [1.165, 1.54) is 0 Å². The number of carbonyl (C=O) groups excluding carboxylic acids is 1. The van der Waals surface area contributed by atoms with Crippen LogP contribution in [0.5, 0.6) is 0 Å². The van der Waals surface area contributed by atoms with Crippen molar-refractivity contribution in [1.29, 1.82) is 0 Å². The highest BCUT2D eigenvalue weighted by Gasteiger charge is 2.38. The minimum absolute atomic E-state index is 0.0301. The first-order chi connectivity index (χ1) is 18.7. The van der Waals surface area contributed by atoms with Crippen LogP contribution in [-0.2, 0) is 15.9 Å². The van der Waals surface area contributed by atoms with Crippen LogP contribution in [0.1, 0.15) is 68.8 Å². The molecule has 0 radical (unpaired) electrons. The number of aromatic nitrogens is 5. The van der Waals surface area contributed by atoms with Gasteiger partial charge in [0.1, 0.15) is 5.82 Å². The number of hydrogen-bond donors (Lipinski definition) is 1. The van der Waals surface area contributed by atoms with E-state index >= 15 is 0 Å². The molecular formula is C24H28Cl3F4N6O2P. The monoisotopic (exact) mass is 644 g/mol. The summed E-state index contributed by atoms with van der Waals surface area (Å²) in [5, 5.41) is -0.513. The number of halogens is 7. The van der Waals surface area contributed by atoms with Crippen LogP contribution in [0.15, 0.2) is 43.4 Å². The highest BCUT2D eigenvalue weighted by atomic mass is 36.0. The van der Waals surface area contributed by atoms with E-state index in [4.69, 9.17) is 0 Å². The van der Waals surface area contributed by atoms with E-state index in [2.05, 4.69) is 59.0 Å². The van der Waals surface area contributed by atoms with E-state index in [1.54, 1.807) is 37.2 Å². The zero-order chi connectivity index (χ0) is 29.4. The van der Waals surface area contributed by atoms with Gasteiger partial charge < -0.3 is 9.72 Å². The van der Waals surface area contributed by atoms with E-state index in [-0.39, 0.29) is 56.3 Å². The molecule has 1 N–H and O–H groups in total. The molecule has 2 aliphatic rings. The fraction of sp³-hybridized carbons (Fsp3) is 0.542. The molecule has 5 rings (SSSR count). The Labute approximate surface area is 243 Å². The van der Waals surface area contributed by atoms with Gasteiger partial charge in [-0.05, 0) is 59.4 Å². The second kappa shape index (κ2) is 14.2. The summed E-state index contributed by atoms with van der Waals surface area (Å²) in [7, 11) is 0. The highest BCUT2D eigenvalue weighted by molar-refractivity contribution is 8.24. The zero-order valence-corrected chi connectivity index (χ0v) is 24.4. The molecule has 0 bridgehead atoms. The lowest BCUT2D eigenvalue weighted by atomic mass is 9.86. The minimum Gasteiger partial charge on any atom is -0.350 e. The molecule has 2 aliphatic carbocycles. The van der Waals surface area contributed by atoms with Crippen molar-refractivity contribution >= 4 is 50.3 Å². The number of rotatable bonds is 4. The van der Waals surface area contributed by atoms with Gasteiger partial charge in [0, 0.05) is 62.3 Å². The highest BCUT2D eigenvalue weighted by Crippen LogP contribution is 2.61. The van der Waals surface area contributed by atoms with E-state index < -0.39 is 17.0 Å². The fourth-order valence-corrected chi connectivity index (χ4v) is 4.52. The molecule has 0 unspecified atom stereocenters. The van der Waals surface area contributed by atoms with Crippen LogP contribution >= 0.6 is 38.9 Å². The Kier molecular flexibility index (Phi) is 11.6. The number of nitrogens with zero attached hydrogens (tertiary/aromatic N) is 5. The summed E-state index contributed by atoms with van der Waals surface area (Å²) < 4.78 is 63.5. The van der Waals surface area contributed by atoms with Crippen molar-refractivity contribution in [2.24, 2.45) is 5.92 Å². The topological polar surface area (TPSA) is 102 Å². The Morgan fingerprint density at radius 2 is 1.48 bits per heavy atom. The second-order valence-corrected chi connectivity index (χ2v) is 16.2. The summed E-state index contributed by atoms with van der Waals surface area (Å²) in [5.41, 5.74) is 1.58. The number of hydrogen-bond acceptors (Lipinski definition) is 6. The average molecular weight is 646 g/mol. The quantitative estimate of drug-likeness (QED) is 0.230. The van der Waals surface area contributed by atoms with Crippen molar-refractivity contribution in [3.63, 3.8) is 0 Å². The third-order valence-corrected chi connectivity index (χ3v) is 6.59. The van der Waals surface area contributed by atoms with Crippen LogP contribution in [0.4, 0.5) is 17.6 Å². The zero-order valence-electron chi connectivity index (χ0n) is 21.2. The molecular weight excluding hydrogens is 618 g/mol. The van der Waals surface area contributed by atoms with Gasteiger partial charge >= 0.3 is 5.20 Å². The maximum Gasteiger partial charge on any atom is 0.339 e. The summed E-state index contributed by atoms with van der Waals surface area (Å²) in [4.78, 5) is 28.0. The van der Waals surface area contributed by atoms with E-state index in [9.17, 15) is 26.9 Å². The number of fused-ring (bicyclic) bond motifs is 1. The van der Waals surface area contributed by atoms with Gasteiger partial charge in [0.15, 0.2) is 0 Å². The van der Waals surface area contributed by atoms with Crippen molar-refractivity contribution in [3.8, 4) is 0 Å². The number of nitrogens with one attached hydrogen (secondary N) is 1. The summed E-state index contributed by atoms with van der Waals surface area (Å²) in [5.74, 6) is -4.53. The molecule has 16 heteroatoms. The third-order valence-electron chi connectivity index (χ3n) is 6.59. The Bertz CT molecular complexity index is 1270. The van der Waals surface area contributed by atoms with Crippen LogP contribution in [-0.4, -0.2) is 42.1 Å². The molecule has 3 aromatic rings. The standard InChI is InChI=1S/C12H15F2N3O.C12H13F2N3.Cl3OP/c13-12(14)3-1-9(2-4-12)11(18)17-8-10-7-15-5-6-16-10;13-12(14)3-1-9(2-4-12)11-16-8-10-7-15-5-6-17(10)11;1-5(2,3)4/h5-7,9H,1-4,8H2,(H,17,18);5-9H,1-4H2;. The van der Waals surface area contributed by atoms with Crippen molar-refractivity contribution in [3.05, 3.63) is 54.9 Å². The van der Waals surface area contributed by atoms with Crippen molar-refractivity contribution < 1.29 is 26.9 Å². The number of imidazole rings is 1. The Morgan fingerprint density at radius 3 is 2.05 bits per heavy atom. The molecule has 220 valence electrons. The van der Waals surface area contributed by atoms with Gasteiger partial charge in [-0.1, -0.05) is 0 Å². The molecule has 0 aromatic carbocycles. The molecule has 0 atom stereocenters. The van der Waals surface area contributed by atoms with Crippen molar-refractivity contribution in [1.82, 2.24) is 29.7 Å². The third kappa shape index (κ3) is 11.1. The SMILES string of the molecule is FC1(F)CCC(c2ncc3cnccn23)CC1.O=C(NCc1cnccn1)C1CCC(F)(F)CC1.O=P(Cl)(Cl)Cl. The minimum atomic E-state index is -3.22. The molecule has 1 amide bonds. The van der Waals surface area contributed by atoms with Crippen LogP contribution < -0.4 is 5.32 Å². The predicted molar refractivity (Wildman–Crippen MR) is 145 cm³/mol. The van der Waals surface area contributed by atoms with Gasteiger partial charge in [-0.2, -0.15) is 0 Å². The van der Waals surface area contributed by atoms with E-state index in [0.29, 0.717) is 25.1 Å². The Balaban J connectivity index is 0.000000189. The molecule has 2 fully saturated rings. The van der Waals surface area contributed by atoms with Crippen molar-refractivity contribution in [2.75, 3.05) is 0 Å². The van der Waals surface area contributed by atoms with Crippen LogP contribution in [0.3, 0.4) is 0 Å². The molecule has 0 spiro atoms. The van der Waals surface area contributed by atoms with Crippen molar-refractivity contribution in [2.45, 2.75) is 75.7 Å². The van der Waals surface area contributed by atoms with Gasteiger partial charge in [0.2, 0.25) is 17.8 Å². The van der Waals surface area contributed by atoms with Crippen LogP contribution in [0.25, 0.3) is 5.52 Å². The maximum absolute atomic E-state index is 13.1. The van der Waals surface area contributed by atoms with Crippen LogP contribution in [0.2, 0.25) is 0 Å². The Hall–Kier alpha value is -2.01. The first-order valence-electron chi connectivity index (χ1n) is 12.5. The fourth-order valence-electron chi connectivity index (χ4n) is 4.52. The summed E-state index contributed by atoms with van der Waals surface area (Å²) >= 11 is 13.8. The average Bonchev–Trinajstić information content (AvgIpc) is 3.32. The smallest absolute Gasteiger partial charge is 0.339 e. The molecule has 0 aliphatic heterocycles. The molecule has 8 nitrogen and oxygen atoms in total. The number of alkyl halides is 4. The van der Waals surface area contributed by atoms with Gasteiger partial charge in [-0.3, -0.25) is 24.3 Å². The molecule has 0 saturated heterocycles. The van der Waals surface area contributed by atoms with Gasteiger partial charge in [0.25, 0.3) is 0 Å². The van der Waals surface area contributed by atoms with E-state index in [0.717, 1.165) is 11.3 Å². The molecule has 40 heavy (non-hydrogen) atoms.